The average Bonchev–Trinajstić information content (AvgIpc) is 2.90. The van der Waals surface area contributed by atoms with Crippen molar-refractivity contribution in [3.05, 3.63) is 36.5 Å². The molecule has 21 heavy (non-hydrogen) atoms. The van der Waals surface area contributed by atoms with Gasteiger partial charge in [-0.25, -0.2) is 14.8 Å². The third-order valence-corrected chi connectivity index (χ3v) is 2.99. The van der Waals surface area contributed by atoms with Gasteiger partial charge in [0.25, 0.3) is 0 Å². The maximum Gasteiger partial charge on any atom is 0.316 e. The van der Waals surface area contributed by atoms with Crippen molar-refractivity contribution in [3.63, 3.8) is 0 Å². The van der Waals surface area contributed by atoms with Crippen LogP contribution in [0.15, 0.2) is 36.5 Å². The van der Waals surface area contributed by atoms with E-state index in [2.05, 4.69) is 20.3 Å². The van der Waals surface area contributed by atoms with E-state index >= 15 is 0 Å². The van der Waals surface area contributed by atoms with E-state index in [4.69, 9.17) is 10.5 Å². The van der Waals surface area contributed by atoms with Crippen LogP contribution in [0.5, 0.6) is 5.75 Å². The van der Waals surface area contributed by atoms with Crippen LogP contribution in [-0.2, 0) is 0 Å². The number of urea groups is 1. The van der Waals surface area contributed by atoms with E-state index in [1.54, 1.807) is 18.3 Å². The minimum Gasteiger partial charge on any atom is -0.495 e. The van der Waals surface area contributed by atoms with Gasteiger partial charge in [0.15, 0.2) is 5.65 Å². The Morgan fingerprint density at radius 2 is 2.24 bits per heavy atom. The van der Waals surface area contributed by atoms with Crippen molar-refractivity contribution in [2.45, 2.75) is 0 Å². The van der Waals surface area contributed by atoms with Gasteiger partial charge in [0, 0.05) is 11.8 Å². The van der Waals surface area contributed by atoms with Crippen LogP contribution < -0.4 is 15.8 Å². The molecule has 0 atom stereocenters. The van der Waals surface area contributed by atoms with Crippen LogP contribution in [0.2, 0.25) is 0 Å². The predicted octanol–water partition coefficient (Wildman–Crippen LogP) is 2.12. The molecule has 0 fully saturated rings. The Bertz CT molecular complexity index is 779. The summed E-state index contributed by atoms with van der Waals surface area (Å²) in [5.74, 6) is 1.17. The molecule has 2 aromatic heterocycles. The van der Waals surface area contributed by atoms with Crippen molar-refractivity contribution >= 4 is 22.9 Å². The number of H-pyrrole nitrogens is 1. The molecule has 0 saturated carbocycles. The highest BCUT2D eigenvalue weighted by Crippen LogP contribution is 2.30. The molecule has 4 N–H and O–H groups in total. The maximum atomic E-state index is 11.0. The molecule has 0 aliphatic carbocycles. The second-order valence-electron chi connectivity index (χ2n) is 4.36. The van der Waals surface area contributed by atoms with E-state index in [1.165, 1.54) is 7.11 Å². The number of carbonyl (C=O) groups is 1. The number of nitrogens with two attached hydrogens (primary N) is 1. The SMILES string of the molecule is COc1ccc(-c2nc3ncccc3[nH]2)cc1NC(N)=O. The van der Waals surface area contributed by atoms with Crippen LogP contribution in [0.4, 0.5) is 10.5 Å². The first-order valence-corrected chi connectivity index (χ1v) is 6.23. The van der Waals surface area contributed by atoms with Crippen LogP contribution in [0.1, 0.15) is 0 Å². The second-order valence-corrected chi connectivity index (χ2v) is 4.36. The van der Waals surface area contributed by atoms with E-state index in [-0.39, 0.29) is 0 Å². The number of nitrogens with one attached hydrogen (secondary N) is 2. The Morgan fingerprint density at radius 1 is 1.38 bits per heavy atom. The fourth-order valence-electron chi connectivity index (χ4n) is 2.07. The van der Waals surface area contributed by atoms with Crippen molar-refractivity contribution in [3.8, 4) is 17.1 Å². The summed E-state index contributed by atoms with van der Waals surface area (Å²) >= 11 is 0. The Hall–Kier alpha value is -3.09. The number of fused-ring (bicyclic) bond motifs is 1. The largest absolute Gasteiger partial charge is 0.495 e. The zero-order valence-corrected chi connectivity index (χ0v) is 11.3. The summed E-state index contributed by atoms with van der Waals surface area (Å²) in [5.41, 5.74) is 7.90. The molecule has 7 heteroatoms. The normalized spacial score (nSPS) is 10.5. The van der Waals surface area contributed by atoms with E-state index < -0.39 is 6.03 Å². The molecular formula is C14H13N5O2. The van der Waals surface area contributed by atoms with Gasteiger partial charge < -0.3 is 20.8 Å². The van der Waals surface area contributed by atoms with Crippen LogP contribution >= 0.6 is 0 Å². The number of rotatable bonds is 3. The summed E-state index contributed by atoms with van der Waals surface area (Å²) in [4.78, 5) is 22.8. The summed E-state index contributed by atoms with van der Waals surface area (Å²) in [6.07, 6.45) is 1.68. The van der Waals surface area contributed by atoms with Crippen molar-refractivity contribution in [2.24, 2.45) is 5.73 Å². The summed E-state index contributed by atoms with van der Waals surface area (Å²) in [5, 5.41) is 2.52. The lowest BCUT2D eigenvalue weighted by Gasteiger charge is -2.09. The van der Waals surface area contributed by atoms with Crippen LogP contribution in [0, 0.1) is 0 Å². The zero-order valence-electron chi connectivity index (χ0n) is 11.3. The van der Waals surface area contributed by atoms with Gasteiger partial charge in [-0.15, -0.1) is 0 Å². The monoisotopic (exact) mass is 283 g/mol. The quantitative estimate of drug-likeness (QED) is 0.684. The maximum absolute atomic E-state index is 11.0. The molecule has 0 radical (unpaired) electrons. The van der Waals surface area contributed by atoms with Crippen molar-refractivity contribution < 1.29 is 9.53 Å². The molecule has 0 aliphatic rings. The lowest BCUT2D eigenvalue weighted by Crippen LogP contribution is -2.19. The van der Waals surface area contributed by atoms with Gasteiger partial charge in [-0.2, -0.15) is 0 Å². The van der Waals surface area contributed by atoms with Crippen LogP contribution in [0.25, 0.3) is 22.6 Å². The number of benzene rings is 1. The number of hydrogen-bond donors (Lipinski definition) is 3. The molecule has 0 aliphatic heterocycles. The number of nitrogens with zero attached hydrogens (tertiary/aromatic N) is 2. The summed E-state index contributed by atoms with van der Waals surface area (Å²) in [6.45, 7) is 0. The first-order valence-electron chi connectivity index (χ1n) is 6.23. The molecule has 106 valence electrons. The lowest BCUT2D eigenvalue weighted by molar-refractivity contribution is 0.259. The van der Waals surface area contributed by atoms with Crippen LogP contribution in [0.3, 0.4) is 0 Å². The van der Waals surface area contributed by atoms with Gasteiger partial charge >= 0.3 is 6.03 Å². The number of anilines is 1. The number of amides is 2. The first kappa shape index (κ1) is 12.9. The minimum atomic E-state index is -0.656. The highest BCUT2D eigenvalue weighted by atomic mass is 16.5. The van der Waals surface area contributed by atoms with Gasteiger partial charge in [-0.05, 0) is 30.3 Å². The average molecular weight is 283 g/mol. The third kappa shape index (κ3) is 2.48. The molecule has 7 nitrogen and oxygen atoms in total. The predicted molar refractivity (Wildman–Crippen MR) is 79.1 cm³/mol. The molecule has 1 aromatic carbocycles. The number of hydrogen-bond acceptors (Lipinski definition) is 4. The third-order valence-electron chi connectivity index (χ3n) is 2.99. The minimum absolute atomic E-state index is 0.482. The van der Waals surface area contributed by atoms with Crippen LogP contribution in [-0.4, -0.2) is 28.1 Å². The van der Waals surface area contributed by atoms with Gasteiger partial charge in [-0.1, -0.05) is 0 Å². The molecule has 0 saturated heterocycles. The van der Waals surface area contributed by atoms with Crippen molar-refractivity contribution in [1.82, 2.24) is 15.0 Å². The Balaban J connectivity index is 2.07. The number of imidazole rings is 1. The van der Waals surface area contributed by atoms with E-state index in [0.29, 0.717) is 22.9 Å². The number of pyridine rings is 1. The standard InChI is InChI=1S/C14H13N5O2/c1-21-11-5-4-8(7-10(11)18-14(15)20)12-17-9-3-2-6-16-13(9)19-12/h2-7H,1H3,(H3,15,18,20)(H,16,17,19). The summed E-state index contributed by atoms with van der Waals surface area (Å²) in [7, 11) is 1.52. The van der Waals surface area contributed by atoms with Crippen molar-refractivity contribution in [1.29, 1.82) is 0 Å². The second kappa shape index (κ2) is 5.12. The fourth-order valence-corrected chi connectivity index (χ4v) is 2.07. The number of aromatic nitrogens is 3. The van der Waals surface area contributed by atoms with Gasteiger partial charge in [-0.3, -0.25) is 0 Å². The molecule has 3 rings (SSSR count). The molecule has 2 heterocycles. The molecule has 2 amide bonds. The first-order chi connectivity index (χ1) is 10.2. The topological polar surface area (TPSA) is 106 Å². The number of methoxy groups -OCH3 is 1. The summed E-state index contributed by atoms with van der Waals surface area (Å²) in [6, 6.07) is 8.38. The van der Waals surface area contributed by atoms with E-state index in [0.717, 1.165) is 11.1 Å². The number of ether oxygens (including phenoxy) is 1. The number of aromatic amines is 1. The molecule has 0 unspecified atom stereocenters. The van der Waals surface area contributed by atoms with Gasteiger partial charge in [0.1, 0.15) is 11.6 Å². The zero-order chi connectivity index (χ0) is 14.8. The fraction of sp³-hybridized carbons (Fsp3) is 0.0714. The molecule has 0 bridgehead atoms. The lowest BCUT2D eigenvalue weighted by atomic mass is 10.1. The molecule has 3 aromatic rings. The highest BCUT2D eigenvalue weighted by Gasteiger charge is 2.10. The number of carbonyl (C=O) groups excluding carboxylic acids is 1. The molecular weight excluding hydrogens is 270 g/mol. The Labute approximate surface area is 120 Å². The number of primary amides is 1. The van der Waals surface area contributed by atoms with Gasteiger partial charge in [0.2, 0.25) is 0 Å². The summed E-state index contributed by atoms with van der Waals surface area (Å²) < 4.78 is 5.18. The van der Waals surface area contributed by atoms with Gasteiger partial charge in [0.05, 0.1) is 18.3 Å². The Morgan fingerprint density at radius 3 is 2.95 bits per heavy atom. The van der Waals surface area contributed by atoms with Crippen molar-refractivity contribution in [2.75, 3.05) is 12.4 Å². The van der Waals surface area contributed by atoms with E-state index in [1.807, 2.05) is 18.2 Å². The Kier molecular flexibility index (Phi) is 3.15. The highest BCUT2D eigenvalue weighted by molar-refractivity contribution is 5.91. The van der Waals surface area contributed by atoms with E-state index in [9.17, 15) is 4.79 Å². The molecule has 0 spiro atoms. The smallest absolute Gasteiger partial charge is 0.316 e.